The number of hydrogen-bond acceptors (Lipinski definition) is 5. The molecular weight excluding hydrogens is 216 g/mol. The van der Waals surface area contributed by atoms with Gasteiger partial charge in [-0.2, -0.15) is 4.80 Å². The van der Waals surface area contributed by atoms with Crippen molar-refractivity contribution >= 4 is 17.9 Å². The van der Waals surface area contributed by atoms with Crippen LogP contribution in [0.25, 0.3) is 0 Å². The van der Waals surface area contributed by atoms with E-state index in [0.29, 0.717) is 0 Å². The van der Waals surface area contributed by atoms with Gasteiger partial charge in [0.2, 0.25) is 0 Å². The number of nitrogens with zero attached hydrogens (tertiary/aromatic N) is 4. The standard InChI is InChI=1S/C7H12N6O3/c1-7(2,4(14)15)9-6(16)8-5-10-12-13(3)11-5/h1-3H3,(H,14,15)(H2,8,9,11,16). The number of urea groups is 1. The van der Waals surface area contributed by atoms with Crippen molar-refractivity contribution in [1.82, 2.24) is 25.5 Å². The molecule has 0 aliphatic carbocycles. The second kappa shape index (κ2) is 4.13. The maximum Gasteiger partial charge on any atom is 0.328 e. The smallest absolute Gasteiger partial charge is 0.328 e. The second-order valence-electron chi connectivity index (χ2n) is 3.61. The van der Waals surface area contributed by atoms with E-state index in [-0.39, 0.29) is 5.95 Å². The highest BCUT2D eigenvalue weighted by Gasteiger charge is 2.29. The molecular formula is C7H12N6O3. The number of carbonyl (C=O) groups is 2. The molecule has 2 amide bonds. The van der Waals surface area contributed by atoms with Gasteiger partial charge in [0.05, 0.1) is 7.05 Å². The Labute approximate surface area is 90.8 Å². The van der Waals surface area contributed by atoms with Crippen LogP contribution in [0.1, 0.15) is 13.8 Å². The van der Waals surface area contributed by atoms with Crippen molar-refractivity contribution < 1.29 is 14.7 Å². The fourth-order valence-electron chi connectivity index (χ4n) is 0.804. The number of carbonyl (C=O) groups excluding carboxylic acids is 1. The molecule has 9 heteroatoms. The maximum atomic E-state index is 11.3. The Morgan fingerprint density at radius 2 is 2.06 bits per heavy atom. The lowest BCUT2D eigenvalue weighted by molar-refractivity contribution is -0.142. The molecule has 0 aromatic carbocycles. The Morgan fingerprint density at radius 3 is 2.50 bits per heavy atom. The minimum atomic E-state index is -1.37. The van der Waals surface area contributed by atoms with E-state index in [1.165, 1.54) is 20.9 Å². The summed E-state index contributed by atoms with van der Waals surface area (Å²) < 4.78 is 0. The van der Waals surface area contributed by atoms with Crippen molar-refractivity contribution in [3.8, 4) is 0 Å². The quantitative estimate of drug-likeness (QED) is 0.622. The van der Waals surface area contributed by atoms with Crippen LogP contribution in [0.5, 0.6) is 0 Å². The third-order valence-electron chi connectivity index (χ3n) is 1.69. The van der Waals surface area contributed by atoms with E-state index in [1.807, 2.05) is 0 Å². The van der Waals surface area contributed by atoms with Gasteiger partial charge in [-0.05, 0) is 19.1 Å². The van der Waals surface area contributed by atoms with Crippen molar-refractivity contribution in [2.24, 2.45) is 7.05 Å². The molecule has 1 aromatic heterocycles. The number of hydrogen-bond donors (Lipinski definition) is 3. The average Bonchev–Trinajstić information content (AvgIpc) is 2.49. The molecule has 0 bridgehead atoms. The van der Waals surface area contributed by atoms with Crippen LogP contribution in [0.15, 0.2) is 0 Å². The molecule has 0 unspecified atom stereocenters. The molecule has 0 aliphatic heterocycles. The zero-order valence-electron chi connectivity index (χ0n) is 9.05. The third-order valence-corrected chi connectivity index (χ3v) is 1.69. The topological polar surface area (TPSA) is 122 Å². The van der Waals surface area contributed by atoms with Crippen molar-refractivity contribution in [2.75, 3.05) is 5.32 Å². The van der Waals surface area contributed by atoms with Crippen molar-refractivity contribution in [2.45, 2.75) is 19.4 Å². The number of carboxylic acids is 1. The van der Waals surface area contributed by atoms with Gasteiger partial charge >= 0.3 is 12.0 Å². The van der Waals surface area contributed by atoms with E-state index in [4.69, 9.17) is 5.11 Å². The predicted octanol–water partition coefficient (Wildman–Crippen LogP) is -0.805. The van der Waals surface area contributed by atoms with Crippen LogP contribution >= 0.6 is 0 Å². The minimum absolute atomic E-state index is 0.00110. The predicted molar refractivity (Wildman–Crippen MR) is 52.7 cm³/mol. The summed E-state index contributed by atoms with van der Waals surface area (Å²) in [6, 6.07) is -0.708. The number of carboxylic acid groups (broad SMARTS) is 1. The SMILES string of the molecule is Cn1nnc(NC(=O)NC(C)(C)C(=O)O)n1. The van der Waals surface area contributed by atoms with Crippen LogP contribution in [-0.2, 0) is 11.8 Å². The summed E-state index contributed by atoms with van der Waals surface area (Å²) in [6.07, 6.45) is 0. The first-order chi connectivity index (χ1) is 7.31. The molecule has 0 aliphatic rings. The summed E-state index contributed by atoms with van der Waals surface area (Å²) in [5.41, 5.74) is -1.37. The van der Waals surface area contributed by atoms with Crippen LogP contribution in [0.3, 0.4) is 0 Å². The first kappa shape index (κ1) is 11.9. The number of aryl methyl sites for hydroxylation is 1. The minimum Gasteiger partial charge on any atom is -0.480 e. The van der Waals surface area contributed by atoms with Gasteiger partial charge in [0.25, 0.3) is 5.95 Å². The van der Waals surface area contributed by atoms with Crippen LogP contribution in [0.2, 0.25) is 0 Å². The molecule has 3 N–H and O–H groups in total. The van der Waals surface area contributed by atoms with Gasteiger partial charge in [-0.3, -0.25) is 5.32 Å². The zero-order valence-corrected chi connectivity index (χ0v) is 9.05. The first-order valence-corrected chi connectivity index (χ1v) is 4.38. The molecule has 88 valence electrons. The third kappa shape index (κ3) is 2.90. The lowest BCUT2D eigenvalue weighted by Gasteiger charge is -2.20. The highest BCUT2D eigenvalue weighted by atomic mass is 16.4. The van der Waals surface area contributed by atoms with Crippen molar-refractivity contribution in [3.63, 3.8) is 0 Å². The maximum absolute atomic E-state index is 11.3. The van der Waals surface area contributed by atoms with E-state index < -0.39 is 17.5 Å². The molecule has 1 aromatic rings. The average molecular weight is 228 g/mol. The summed E-state index contributed by atoms with van der Waals surface area (Å²) in [5, 5.41) is 24.0. The van der Waals surface area contributed by atoms with E-state index >= 15 is 0 Å². The largest absolute Gasteiger partial charge is 0.480 e. The molecule has 1 heterocycles. The van der Waals surface area contributed by atoms with Gasteiger partial charge in [-0.1, -0.05) is 5.10 Å². The normalized spacial score (nSPS) is 10.9. The number of aliphatic carboxylic acids is 1. The second-order valence-corrected chi connectivity index (χ2v) is 3.61. The van der Waals surface area contributed by atoms with Gasteiger partial charge in [0.1, 0.15) is 5.54 Å². The number of aromatic nitrogens is 4. The Hall–Kier alpha value is -2.19. The zero-order chi connectivity index (χ0) is 12.3. The van der Waals surface area contributed by atoms with Gasteiger partial charge in [0.15, 0.2) is 0 Å². The number of amides is 2. The van der Waals surface area contributed by atoms with Crippen LogP contribution in [0.4, 0.5) is 10.7 Å². The van der Waals surface area contributed by atoms with E-state index in [0.717, 1.165) is 4.80 Å². The van der Waals surface area contributed by atoms with E-state index in [9.17, 15) is 9.59 Å². The van der Waals surface area contributed by atoms with Gasteiger partial charge < -0.3 is 10.4 Å². The van der Waals surface area contributed by atoms with Crippen LogP contribution in [0, 0.1) is 0 Å². The summed E-state index contributed by atoms with van der Waals surface area (Å²) in [4.78, 5) is 23.2. The number of anilines is 1. The summed E-state index contributed by atoms with van der Waals surface area (Å²) in [5.74, 6) is -1.14. The lowest BCUT2D eigenvalue weighted by atomic mass is 10.1. The van der Waals surface area contributed by atoms with Crippen LogP contribution in [-0.4, -0.2) is 42.9 Å². The van der Waals surface area contributed by atoms with E-state index in [2.05, 4.69) is 26.0 Å². The van der Waals surface area contributed by atoms with Crippen molar-refractivity contribution in [1.29, 1.82) is 0 Å². The van der Waals surface area contributed by atoms with Crippen molar-refractivity contribution in [3.05, 3.63) is 0 Å². The number of rotatable bonds is 3. The Balaban J connectivity index is 2.58. The molecule has 0 saturated carbocycles. The molecule has 0 spiro atoms. The Morgan fingerprint density at radius 1 is 1.44 bits per heavy atom. The van der Waals surface area contributed by atoms with Gasteiger partial charge in [-0.15, -0.1) is 5.10 Å². The van der Waals surface area contributed by atoms with Crippen LogP contribution < -0.4 is 10.6 Å². The fraction of sp³-hybridized carbons (Fsp3) is 0.571. The summed E-state index contributed by atoms with van der Waals surface area (Å²) >= 11 is 0. The highest BCUT2D eigenvalue weighted by molar-refractivity contribution is 5.92. The Kier molecular flexibility index (Phi) is 3.06. The molecule has 0 saturated heterocycles. The summed E-state index contributed by atoms with van der Waals surface area (Å²) in [6.45, 7) is 2.72. The molecule has 1 rings (SSSR count). The Bertz CT molecular complexity index is 412. The molecule has 0 fully saturated rings. The summed E-state index contributed by atoms with van der Waals surface area (Å²) in [7, 11) is 1.54. The molecule has 0 atom stereocenters. The fourth-order valence-corrected chi connectivity index (χ4v) is 0.804. The number of tetrazole rings is 1. The lowest BCUT2D eigenvalue weighted by Crippen LogP contribution is -2.51. The van der Waals surface area contributed by atoms with Gasteiger partial charge in [0, 0.05) is 0 Å². The van der Waals surface area contributed by atoms with E-state index in [1.54, 1.807) is 0 Å². The monoisotopic (exact) mass is 228 g/mol. The molecule has 9 nitrogen and oxygen atoms in total. The molecule has 0 radical (unpaired) electrons. The first-order valence-electron chi connectivity index (χ1n) is 4.38. The number of nitrogens with one attached hydrogen (secondary N) is 2. The van der Waals surface area contributed by atoms with Gasteiger partial charge in [-0.25, -0.2) is 9.59 Å². The highest BCUT2D eigenvalue weighted by Crippen LogP contribution is 2.02. The molecule has 16 heavy (non-hydrogen) atoms.